The van der Waals surface area contributed by atoms with Gasteiger partial charge in [0.25, 0.3) is 0 Å². The van der Waals surface area contributed by atoms with E-state index < -0.39 is 0 Å². The zero-order valence-electron chi connectivity index (χ0n) is 32.1. The maximum absolute atomic E-state index is 12.3. The van der Waals surface area contributed by atoms with E-state index in [9.17, 15) is 14.7 Å². The molecule has 0 saturated heterocycles. The molecule has 0 aliphatic carbocycles. The van der Waals surface area contributed by atoms with Gasteiger partial charge in [-0.25, -0.2) is 0 Å². The minimum absolute atomic E-state index is 0.0751. The molecule has 0 spiro atoms. The summed E-state index contributed by atoms with van der Waals surface area (Å²) < 4.78 is 0. The number of hydrogen-bond donors (Lipinski definition) is 3. The fraction of sp³-hybridized carbons (Fsp3) is 0.857. The number of nitrogens with zero attached hydrogens (tertiary/aromatic N) is 1. The average molecular weight is 676 g/mol. The second-order valence-electron chi connectivity index (χ2n) is 13.9. The lowest BCUT2D eigenvalue weighted by molar-refractivity contribution is -0.121. The minimum atomic E-state index is 0.0751. The summed E-state index contributed by atoms with van der Waals surface area (Å²) in [5.41, 5.74) is 0. The average Bonchev–Trinajstić information content (AvgIpc) is 3.08. The highest BCUT2D eigenvalue weighted by atomic mass is 16.3. The number of hydrogen-bond acceptors (Lipinski definition) is 4. The lowest BCUT2D eigenvalue weighted by Crippen LogP contribution is -2.40. The van der Waals surface area contributed by atoms with Crippen molar-refractivity contribution in [2.24, 2.45) is 0 Å². The van der Waals surface area contributed by atoms with E-state index in [0.29, 0.717) is 45.6 Å². The molecule has 2 amide bonds. The number of nitrogens with one attached hydrogen (secondary N) is 2. The third kappa shape index (κ3) is 37.2. The van der Waals surface area contributed by atoms with Crippen molar-refractivity contribution in [1.82, 2.24) is 15.5 Å². The van der Waals surface area contributed by atoms with Crippen LogP contribution in [0.2, 0.25) is 0 Å². The second-order valence-corrected chi connectivity index (χ2v) is 13.9. The van der Waals surface area contributed by atoms with E-state index in [2.05, 4.69) is 53.7 Å². The molecule has 0 aliphatic heterocycles. The van der Waals surface area contributed by atoms with Crippen molar-refractivity contribution < 1.29 is 14.7 Å². The molecule has 0 unspecified atom stereocenters. The Balaban J connectivity index is 3.63. The van der Waals surface area contributed by atoms with Crippen LogP contribution in [0.4, 0.5) is 0 Å². The summed E-state index contributed by atoms with van der Waals surface area (Å²) >= 11 is 0. The molecular formula is C42H81N3O3. The normalized spacial score (nSPS) is 11.8. The number of amides is 2. The summed E-state index contributed by atoms with van der Waals surface area (Å²) in [6, 6.07) is 0. The quantitative estimate of drug-likeness (QED) is 0.0449. The number of aliphatic hydroxyl groups is 1. The Hall–Kier alpha value is -1.66. The van der Waals surface area contributed by atoms with Gasteiger partial charge in [-0.2, -0.15) is 0 Å². The van der Waals surface area contributed by atoms with Crippen LogP contribution < -0.4 is 10.6 Å². The standard InChI is InChI=1S/C42H81N3O3/c1-3-5-7-9-11-13-15-17-19-21-23-25-27-29-31-33-41(47)43-35-37-45(39-40-46)38-36-44-42(48)34-32-30-28-26-24-22-20-18-16-14-12-10-8-6-4-2/h17-20,46H,3-16,21-40H2,1-2H3,(H,43,47)(H,44,48)/b19-17-,20-18-. The minimum Gasteiger partial charge on any atom is -0.395 e. The second kappa shape index (κ2) is 39.8. The van der Waals surface area contributed by atoms with Crippen molar-refractivity contribution in [1.29, 1.82) is 0 Å². The third-order valence-electron chi connectivity index (χ3n) is 9.25. The Labute approximate surface area is 298 Å². The van der Waals surface area contributed by atoms with Crippen LogP contribution >= 0.6 is 0 Å². The lowest BCUT2D eigenvalue weighted by Gasteiger charge is -2.21. The monoisotopic (exact) mass is 676 g/mol. The van der Waals surface area contributed by atoms with Gasteiger partial charge < -0.3 is 15.7 Å². The summed E-state index contributed by atoms with van der Waals surface area (Å²) in [4.78, 5) is 26.6. The van der Waals surface area contributed by atoms with Gasteiger partial charge in [0.15, 0.2) is 0 Å². The van der Waals surface area contributed by atoms with Gasteiger partial charge in [-0.05, 0) is 64.2 Å². The predicted octanol–water partition coefficient (Wildman–Crippen LogP) is 10.6. The Bertz CT molecular complexity index is 682. The summed E-state index contributed by atoms with van der Waals surface area (Å²) in [5.74, 6) is 0.231. The fourth-order valence-corrected chi connectivity index (χ4v) is 6.07. The molecule has 0 aromatic rings. The van der Waals surface area contributed by atoms with Crippen molar-refractivity contribution in [3.63, 3.8) is 0 Å². The summed E-state index contributed by atoms with van der Waals surface area (Å²) in [5, 5.41) is 15.5. The molecule has 0 bridgehead atoms. The van der Waals surface area contributed by atoms with E-state index in [1.165, 1.54) is 141 Å². The first kappa shape index (κ1) is 46.3. The Morgan fingerprint density at radius 1 is 0.458 bits per heavy atom. The molecule has 0 heterocycles. The Morgan fingerprint density at radius 2 is 0.771 bits per heavy atom. The number of rotatable bonds is 38. The summed E-state index contributed by atoms with van der Waals surface area (Å²) in [6.45, 7) is 7.68. The largest absolute Gasteiger partial charge is 0.395 e. The molecule has 3 N–H and O–H groups in total. The lowest BCUT2D eigenvalue weighted by atomic mass is 10.1. The van der Waals surface area contributed by atoms with Crippen molar-refractivity contribution in [3.8, 4) is 0 Å². The van der Waals surface area contributed by atoms with Crippen LogP contribution in [0.1, 0.15) is 194 Å². The highest BCUT2D eigenvalue weighted by Gasteiger charge is 2.07. The van der Waals surface area contributed by atoms with Crippen LogP contribution in [0.5, 0.6) is 0 Å². The molecule has 0 aromatic heterocycles. The van der Waals surface area contributed by atoms with Gasteiger partial charge in [0.2, 0.25) is 11.8 Å². The maximum Gasteiger partial charge on any atom is 0.220 e. The first-order valence-electron chi connectivity index (χ1n) is 20.8. The van der Waals surface area contributed by atoms with Crippen molar-refractivity contribution in [2.45, 2.75) is 194 Å². The van der Waals surface area contributed by atoms with Crippen molar-refractivity contribution >= 4 is 11.8 Å². The number of unbranched alkanes of at least 4 members (excludes halogenated alkanes) is 22. The van der Waals surface area contributed by atoms with Crippen LogP contribution in [-0.4, -0.2) is 61.2 Å². The summed E-state index contributed by atoms with van der Waals surface area (Å²) in [7, 11) is 0. The van der Waals surface area contributed by atoms with Crippen LogP contribution in [0.3, 0.4) is 0 Å². The van der Waals surface area contributed by atoms with Crippen molar-refractivity contribution in [2.75, 3.05) is 39.3 Å². The van der Waals surface area contributed by atoms with E-state index in [4.69, 9.17) is 0 Å². The van der Waals surface area contributed by atoms with Gasteiger partial charge in [-0.3, -0.25) is 14.5 Å². The molecule has 0 radical (unpaired) electrons. The van der Waals surface area contributed by atoms with Gasteiger partial charge in [-0.15, -0.1) is 0 Å². The molecule has 0 saturated carbocycles. The zero-order valence-corrected chi connectivity index (χ0v) is 32.1. The number of carbonyl (C=O) groups excluding carboxylic acids is 2. The Morgan fingerprint density at radius 3 is 1.10 bits per heavy atom. The van der Waals surface area contributed by atoms with Gasteiger partial charge in [0.1, 0.15) is 0 Å². The predicted molar refractivity (Wildman–Crippen MR) is 208 cm³/mol. The van der Waals surface area contributed by atoms with E-state index in [1.807, 2.05) is 0 Å². The number of carbonyl (C=O) groups is 2. The maximum atomic E-state index is 12.3. The molecule has 48 heavy (non-hydrogen) atoms. The summed E-state index contributed by atoms with van der Waals surface area (Å²) in [6.07, 6.45) is 43.3. The van der Waals surface area contributed by atoms with Crippen molar-refractivity contribution in [3.05, 3.63) is 24.3 Å². The third-order valence-corrected chi connectivity index (χ3v) is 9.25. The van der Waals surface area contributed by atoms with Gasteiger partial charge in [-0.1, -0.05) is 141 Å². The fourth-order valence-electron chi connectivity index (χ4n) is 6.07. The highest BCUT2D eigenvalue weighted by molar-refractivity contribution is 5.76. The molecule has 6 heteroatoms. The number of allylic oxidation sites excluding steroid dienone is 4. The first-order chi connectivity index (χ1) is 23.6. The molecular weight excluding hydrogens is 594 g/mol. The SMILES string of the molecule is CCCCCCCC/C=C\CCCCCCCC(=O)NCCN(CCO)CCNC(=O)CCCCCCC/C=C\CCCCCCCC. The molecule has 0 atom stereocenters. The van der Waals surface area contributed by atoms with Crippen LogP contribution in [-0.2, 0) is 9.59 Å². The molecule has 0 rings (SSSR count). The molecule has 6 nitrogen and oxygen atoms in total. The van der Waals surface area contributed by atoms with E-state index in [1.54, 1.807) is 0 Å². The molecule has 282 valence electrons. The van der Waals surface area contributed by atoms with Crippen LogP contribution in [0.25, 0.3) is 0 Å². The first-order valence-corrected chi connectivity index (χ1v) is 20.8. The molecule has 0 fully saturated rings. The van der Waals surface area contributed by atoms with E-state index >= 15 is 0 Å². The van der Waals surface area contributed by atoms with Gasteiger partial charge in [0, 0.05) is 45.6 Å². The van der Waals surface area contributed by atoms with Gasteiger partial charge in [0.05, 0.1) is 6.61 Å². The van der Waals surface area contributed by atoms with Gasteiger partial charge >= 0.3 is 0 Å². The topological polar surface area (TPSA) is 81.7 Å². The van der Waals surface area contributed by atoms with Crippen LogP contribution in [0.15, 0.2) is 24.3 Å². The molecule has 0 aromatic carbocycles. The van der Waals surface area contributed by atoms with Crippen LogP contribution in [0, 0.1) is 0 Å². The number of aliphatic hydroxyl groups excluding tert-OH is 1. The highest BCUT2D eigenvalue weighted by Crippen LogP contribution is 2.11. The van der Waals surface area contributed by atoms with E-state index in [-0.39, 0.29) is 18.4 Å². The van der Waals surface area contributed by atoms with E-state index in [0.717, 1.165) is 25.7 Å². The molecule has 0 aliphatic rings. The Kier molecular flexibility index (Phi) is 38.4. The smallest absolute Gasteiger partial charge is 0.220 e. The zero-order chi connectivity index (χ0) is 35.0.